The summed E-state index contributed by atoms with van der Waals surface area (Å²) in [6, 6.07) is 10.2. The Hall–Kier alpha value is -1.38. The molecule has 0 aliphatic heterocycles. The van der Waals surface area contributed by atoms with Gasteiger partial charge in [0.2, 0.25) is 0 Å². The molecule has 3 heteroatoms. The maximum absolute atomic E-state index is 4.25. The first-order chi connectivity index (χ1) is 8.24. The van der Waals surface area contributed by atoms with Gasteiger partial charge in [0.15, 0.2) is 0 Å². The standard InChI is InChI=1S/C15H15NS.ClH/c1-12(11-15-9-7-13(2)17-15)6-8-14-5-3-4-10-16-14;/h3-11H,1-2H3;1H. The van der Waals surface area contributed by atoms with Gasteiger partial charge in [-0.15, -0.1) is 23.7 Å². The summed E-state index contributed by atoms with van der Waals surface area (Å²) in [6.07, 6.45) is 8.13. The topological polar surface area (TPSA) is 12.9 Å². The van der Waals surface area contributed by atoms with Gasteiger partial charge in [-0.2, -0.15) is 0 Å². The summed E-state index contributed by atoms with van der Waals surface area (Å²) < 4.78 is 0. The Bertz CT molecular complexity index is 541. The zero-order valence-corrected chi connectivity index (χ0v) is 12.1. The van der Waals surface area contributed by atoms with E-state index in [-0.39, 0.29) is 12.4 Å². The first-order valence-electron chi connectivity index (χ1n) is 5.58. The molecule has 0 fully saturated rings. The smallest absolute Gasteiger partial charge is 0.0629 e. The molecule has 0 aliphatic rings. The lowest BCUT2D eigenvalue weighted by Crippen LogP contribution is -1.76. The summed E-state index contributed by atoms with van der Waals surface area (Å²) >= 11 is 1.81. The molecule has 0 amide bonds. The van der Waals surface area contributed by atoms with Gasteiger partial charge >= 0.3 is 0 Å². The summed E-state index contributed by atoms with van der Waals surface area (Å²) in [6.45, 7) is 4.23. The summed E-state index contributed by atoms with van der Waals surface area (Å²) in [7, 11) is 0. The van der Waals surface area contributed by atoms with Crippen molar-refractivity contribution in [3.05, 3.63) is 63.6 Å². The molecule has 2 heterocycles. The third-order valence-corrected chi connectivity index (χ3v) is 3.28. The van der Waals surface area contributed by atoms with Gasteiger partial charge < -0.3 is 0 Å². The molecule has 0 saturated carbocycles. The predicted molar refractivity (Wildman–Crippen MR) is 83.2 cm³/mol. The van der Waals surface area contributed by atoms with E-state index in [1.54, 1.807) is 6.20 Å². The second-order valence-electron chi connectivity index (χ2n) is 3.92. The van der Waals surface area contributed by atoms with Crippen molar-refractivity contribution in [3.8, 4) is 0 Å². The molecule has 0 spiro atoms. The zero-order chi connectivity index (χ0) is 12.1. The van der Waals surface area contributed by atoms with E-state index in [0.29, 0.717) is 0 Å². The highest BCUT2D eigenvalue weighted by atomic mass is 35.5. The first kappa shape index (κ1) is 14.7. The van der Waals surface area contributed by atoms with Crippen LogP contribution in [0.4, 0.5) is 0 Å². The fourth-order valence-corrected chi connectivity index (χ4v) is 2.38. The number of allylic oxidation sites excluding steroid dienone is 2. The average molecular weight is 278 g/mol. The van der Waals surface area contributed by atoms with Gasteiger partial charge in [-0.3, -0.25) is 4.98 Å². The lowest BCUT2D eigenvalue weighted by molar-refractivity contribution is 1.29. The van der Waals surface area contributed by atoms with Gasteiger partial charge in [0, 0.05) is 16.0 Å². The highest BCUT2D eigenvalue weighted by Crippen LogP contribution is 2.18. The molecule has 2 aromatic heterocycles. The van der Waals surface area contributed by atoms with Crippen LogP contribution >= 0.6 is 23.7 Å². The van der Waals surface area contributed by atoms with Crippen LogP contribution in [-0.4, -0.2) is 4.98 Å². The van der Waals surface area contributed by atoms with Crippen LogP contribution in [0.3, 0.4) is 0 Å². The molecule has 0 atom stereocenters. The van der Waals surface area contributed by atoms with Crippen LogP contribution in [0.5, 0.6) is 0 Å². The molecule has 0 bridgehead atoms. The normalized spacial score (nSPS) is 11.6. The van der Waals surface area contributed by atoms with Crippen LogP contribution in [0.2, 0.25) is 0 Å². The Labute approximate surface area is 118 Å². The molecule has 0 aromatic carbocycles. The number of pyridine rings is 1. The van der Waals surface area contributed by atoms with Crippen LogP contribution in [0.1, 0.15) is 22.4 Å². The van der Waals surface area contributed by atoms with Crippen molar-refractivity contribution in [2.75, 3.05) is 0 Å². The largest absolute Gasteiger partial charge is 0.257 e. The van der Waals surface area contributed by atoms with Crippen LogP contribution in [0.25, 0.3) is 12.2 Å². The van der Waals surface area contributed by atoms with E-state index in [9.17, 15) is 0 Å². The quantitative estimate of drug-likeness (QED) is 0.720. The zero-order valence-electron chi connectivity index (χ0n) is 10.5. The summed E-state index contributed by atoms with van der Waals surface area (Å²) in [5.41, 5.74) is 2.22. The molecule has 2 aromatic rings. The van der Waals surface area contributed by atoms with Gasteiger partial charge in [0.25, 0.3) is 0 Å². The molecule has 94 valence electrons. The first-order valence-corrected chi connectivity index (χ1v) is 6.39. The molecule has 0 N–H and O–H groups in total. The van der Waals surface area contributed by atoms with Crippen LogP contribution < -0.4 is 0 Å². The lowest BCUT2D eigenvalue weighted by Gasteiger charge is -1.92. The van der Waals surface area contributed by atoms with Gasteiger partial charge in [0.05, 0.1) is 5.69 Å². The number of thiophene rings is 1. The molecule has 0 aliphatic carbocycles. The van der Waals surface area contributed by atoms with E-state index >= 15 is 0 Å². The molecule has 0 radical (unpaired) electrons. The van der Waals surface area contributed by atoms with E-state index in [1.165, 1.54) is 15.3 Å². The Balaban J connectivity index is 0.00000162. The average Bonchev–Trinajstić information content (AvgIpc) is 2.73. The maximum atomic E-state index is 4.25. The van der Waals surface area contributed by atoms with Crippen molar-refractivity contribution in [3.63, 3.8) is 0 Å². The van der Waals surface area contributed by atoms with Crippen molar-refractivity contribution in [2.45, 2.75) is 13.8 Å². The molecule has 2 rings (SSSR count). The fraction of sp³-hybridized carbons (Fsp3) is 0.133. The van der Waals surface area contributed by atoms with Crippen LogP contribution in [0, 0.1) is 6.92 Å². The molecular weight excluding hydrogens is 262 g/mol. The van der Waals surface area contributed by atoms with Gasteiger partial charge in [-0.25, -0.2) is 0 Å². The van der Waals surface area contributed by atoms with E-state index in [4.69, 9.17) is 0 Å². The minimum absolute atomic E-state index is 0. The number of aryl methyl sites for hydroxylation is 1. The molecule has 0 saturated heterocycles. The van der Waals surface area contributed by atoms with Crippen molar-refractivity contribution < 1.29 is 0 Å². The lowest BCUT2D eigenvalue weighted by atomic mass is 10.2. The Morgan fingerprint density at radius 2 is 2.06 bits per heavy atom. The summed E-state index contributed by atoms with van der Waals surface area (Å²) in [5.74, 6) is 0. The van der Waals surface area contributed by atoms with E-state index in [0.717, 1.165) is 5.69 Å². The Kier molecular flexibility index (Phi) is 5.83. The third-order valence-electron chi connectivity index (χ3n) is 2.34. The highest BCUT2D eigenvalue weighted by Gasteiger charge is 1.92. The SMILES string of the molecule is CC(C=Cc1ccccn1)=Cc1ccc(C)s1.Cl. The molecule has 18 heavy (non-hydrogen) atoms. The Morgan fingerprint density at radius 1 is 1.22 bits per heavy atom. The third kappa shape index (κ3) is 4.47. The number of hydrogen-bond acceptors (Lipinski definition) is 2. The fourth-order valence-electron chi connectivity index (χ4n) is 1.49. The minimum atomic E-state index is 0. The molecule has 0 unspecified atom stereocenters. The van der Waals surface area contributed by atoms with E-state index in [2.05, 4.69) is 43.1 Å². The predicted octanol–water partition coefficient (Wildman–Crippen LogP) is 4.99. The van der Waals surface area contributed by atoms with Gasteiger partial charge in [0.1, 0.15) is 0 Å². The van der Waals surface area contributed by atoms with E-state index < -0.39 is 0 Å². The molecular formula is C15H16ClNS. The van der Waals surface area contributed by atoms with Gasteiger partial charge in [-0.05, 0) is 55.8 Å². The number of rotatable bonds is 3. The van der Waals surface area contributed by atoms with Crippen LogP contribution in [-0.2, 0) is 0 Å². The number of hydrogen-bond donors (Lipinski definition) is 0. The van der Waals surface area contributed by atoms with Gasteiger partial charge in [-0.1, -0.05) is 12.1 Å². The van der Waals surface area contributed by atoms with Crippen molar-refractivity contribution >= 4 is 35.9 Å². The second kappa shape index (κ2) is 7.14. The molecule has 1 nitrogen and oxygen atoms in total. The summed E-state index contributed by atoms with van der Waals surface area (Å²) in [4.78, 5) is 6.89. The van der Waals surface area contributed by atoms with Crippen molar-refractivity contribution in [2.24, 2.45) is 0 Å². The highest BCUT2D eigenvalue weighted by molar-refractivity contribution is 7.12. The second-order valence-corrected chi connectivity index (χ2v) is 5.24. The Morgan fingerprint density at radius 3 is 2.67 bits per heavy atom. The number of nitrogens with zero attached hydrogens (tertiary/aromatic N) is 1. The monoisotopic (exact) mass is 277 g/mol. The minimum Gasteiger partial charge on any atom is -0.257 e. The number of aromatic nitrogens is 1. The summed E-state index contributed by atoms with van der Waals surface area (Å²) in [5, 5.41) is 0. The van der Waals surface area contributed by atoms with Crippen molar-refractivity contribution in [1.82, 2.24) is 4.98 Å². The number of halogens is 1. The van der Waals surface area contributed by atoms with Crippen molar-refractivity contribution in [1.29, 1.82) is 0 Å². The maximum Gasteiger partial charge on any atom is 0.0629 e. The van der Waals surface area contributed by atoms with E-state index in [1.807, 2.05) is 35.6 Å². The van der Waals surface area contributed by atoms with Crippen LogP contribution in [0.15, 0.2) is 48.2 Å².